The van der Waals surface area contributed by atoms with Gasteiger partial charge in [-0.05, 0) is 0 Å². The quantitative estimate of drug-likeness (QED) is 0.585. The number of thiophene rings is 1. The molecule has 1 aliphatic rings. The summed E-state index contributed by atoms with van der Waals surface area (Å²) in [5, 5.41) is 19.6. The Balaban J connectivity index is 2.24. The molecule has 0 bridgehead atoms. The van der Waals surface area contributed by atoms with Crippen molar-refractivity contribution in [3.05, 3.63) is 20.5 Å². The Morgan fingerprint density at radius 3 is 2.76 bits per heavy atom. The molecule has 2 heterocycles. The number of rotatable bonds is 5. The molecule has 2 N–H and O–H groups in total. The second kappa shape index (κ2) is 5.85. The van der Waals surface area contributed by atoms with E-state index in [2.05, 4.69) is 4.72 Å². The number of aliphatic carboxylic acids is 1. The smallest absolute Gasteiger partial charge is 0.310 e. The van der Waals surface area contributed by atoms with Crippen molar-refractivity contribution in [2.45, 2.75) is 10.3 Å². The van der Waals surface area contributed by atoms with Crippen molar-refractivity contribution in [3.63, 3.8) is 0 Å². The number of hydrogen-bond acceptors (Lipinski definition) is 7. The monoisotopic (exact) mass is 356 g/mol. The molecule has 9 nitrogen and oxygen atoms in total. The van der Waals surface area contributed by atoms with Crippen LogP contribution >= 0.6 is 22.9 Å². The van der Waals surface area contributed by atoms with Gasteiger partial charge in [-0.1, -0.05) is 11.6 Å². The van der Waals surface area contributed by atoms with Gasteiger partial charge in [0.15, 0.2) is 4.34 Å². The van der Waals surface area contributed by atoms with Crippen LogP contribution in [0.4, 0.5) is 5.69 Å². The first-order valence-electron chi connectivity index (χ1n) is 5.49. The van der Waals surface area contributed by atoms with Crippen LogP contribution in [0.15, 0.2) is 10.3 Å². The van der Waals surface area contributed by atoms with Gasteiger partial charge in [0.05, 0.1) is 30.1 Å². The molecule has 2 unspecified atom stereocenters. The van der Waals surface area contributed by atoms with Crippen LogP contribution in [0.3, 0.4) is 0 Å². The Bertz CT molecular complexity index is 686. The molecule has 0 spiro atoms. The zero-order valence-corrected chi connectivity index (χ0v) is 12.6. The van der Waals surface area contributed by atoms with Crippen LogP contribution in [-0.4, -0.2) is 43.7 Å². The van der Waals surface area contributed by atoms with E-state index in [-0.39, 0.29) is 21.8 Å². The SMILES string of the molecule is O=C(O)C1COCC1NS(=O)(=O)c1cc([N+](=O)[O-])c(Cl)s1. The highest BCUT2D eigenvalue weighted by Crippen LogP contribution is 2.36. The first-order valence-corrected chi connectivity index (χ1v) is 8.16. The van der Waals surface area contributed by atoms with Crippen LogP contribution in [0.1, 0.15) is 0 Å². The Morgan fingerprint density at radius 2 is 2.24 bits per heavy atom. The molecule has 21 heavy (non-hydrogen) atoms. The summed E-state index contributed by atoms with van der Waals surface area (Å²) in [6.45, 7) is -0.189. The van der Waals surface area contributed by atoms with E-state index in [1.165, 1.54) is 0 Å². The molecule has 0 aliphatic carbocycles. The van der Waals surface area contributed by atoms with E-state index >= 15 is 0 Å². The van der Waals surface area contributed by atoms with E-state index in [1.807, 2.05) is 0 Å². The lowest BCUT2D eigenvalue weighted by molar-refractivity contribution is -0.384. The van der Waals surface area contributed by atoms with Crippen LogP contribution in [0.2, 0.25) is 4.34 Å². The molecule has 0 aromatic carbocycles. The Morgan fingerprint density at radius 1 is 1.57 bits per heavy atom. The van der Waals surface area contributed by atoms with Crippen LogP contribution in [0.25, 0.3) is 0 Å². The fourth-order valence-corrected chi connectivity index (χ4v) is 4.71. The standard InChI is InChI=1S/C9H9ClN2O7S2/c10-8-6(12(15)16)1-7(20-8)21(17,18)11-5-3-19-2-4(5)9(13)14/h1,4-5,11H,2-3H2,(H,13,14). The highest BCUT2D eigenvalue weighted by Gasteiger charge is 2.38. The molecule has 0 saturated carbocycles. The normalized spacial score (nSPS) is 22.3. The fourth-order valence-electron chi connectivity index (χ4n) is 1.77. The lowest BCUT2D eigenvalue weighted by atomic mass is 10.1. The third-order valence-corrected chi connectivity index (χ3v) is 6.11. The molecule has 12 heteroatoms. The highest BCUT2D eigenvalue weighted by molar-refractivity contribution is 7.91. The largest absolute Gasteiger partial charge is 0.481 e. The van der Waals surface area contributed by atoms with Crippen molar-refractivity contribution in [2.24, 2.45) is 5.92 Å². The maximum atomic E-state index is 12.1. The summed E-state index contributed by atoms with van der Waals surface area (Å²) in [4.78, 5) is 20.8. The van der Waals surface area contributed by atoms with Crippen LogP contribution < -0.4 is 4.72 Å². The number of carbonyl (C=O) groups is 1. The second-order valence-corrected chi connectivity index (χ2v) is 7.79. The molecular formula is C9H9ClN2O7S2. The zero-order valence-electron chi connectivity index (χ0n) is 10.2. The first-order chi connectivity index (χ1) is 9.72. The minimum Gasteiger partial charge on any atom is -0.481 e. The third kappa shape index (κ3) is 3.32. The Labute approximate surface area is 127 Å². The zero-order chi connectivity index (χ0) is 15.8. The van der Waals surface area contributed by atoms with Crippen molar-refractivity contribution in [2.75, 3.05) is 13.2 Å². The molecule has 1 saturated heterocycles. The van der Waals surface area contributed by atoms with Gasteiger partial charge < -0.3 is 9.84 Å². The van der Waals surface area contributed by atoms with E-state index < -0.39 is 38.6 Å². The number of ether oxygens (including phenoxy) is 1. The molecule has 1 aliphatic heterocycles. The molecule has 0 amide bonds. The second-order valence-electron chi connectivity index (χ2n) is 4.19. The number of nitrogens with one attached hydrogen (secondary N) is 1. The predicted molar refractivity (Wildman–Crippen MR) is 72.0 cm³/mol. The predicted octanol–water partition coefficient (Wildman–Crippen LogP) is 0.688. The van der Waals surface area contributed by atoms with E-state index in [9.17, 15) is 23.3 Å². The van der Waals surface area contributed by atoms with E-state index in [1.54, 1.807) is 0 Å². The Kier molecular flexibility index (Phi) is 4.49. The third-order valence-electron chi connectivity index (χ3n) is 2.81. The molecule has 1 aromatic rings. The number of hydrogen-bond donors (Lipinski definition) is 2. The van der Waals surface area contributed by atoms with Crippen molar-refractivity contribution in [1.29, 1.82) is 0 Å². The van der Waals surface area contributed by atoms with E-state index in [0.717, 1.165) is 6.07 Å². The van der Waals surface area contributed by atoms with Crippen molar-refractivity contribution >= 4 is 44.6 Å². The van der Waals surface area contributed by atoms with Crippen LogP contribution in [-0.2, 0) is 19.6 Å². The fraction of sp³-hybridized carbons (Fsp3) is 0.444. The van der Waals surface area contributed by atoms with Crippen molar-refractivity contribution < 1.29 is 28.0 Å². The first kappa shape index (κ1) is 16.1. The van der Waals surface area contributed by atoms with Crippen LogP contribution in [0, 0.1) is 16.0 Å². The van der Waals surface area contributed by atoms with Gasteiger partial charge in [0.2, 0.25) is 0 Å². The summed E-state index contributed by atoms with van der Waals surface area (Å²) in [6.07, 6.45) is 0. The average Bonchev–Trinajstić information content (AvgIpc) is 2.95. The summed E-state index contributed by atoms with van der Waals surface area (Å²) >= 11 is 6.14. The van der Waals surface area contributed by atoms with E-state index in [4.69, 9.17) is 21.4 Å². The molecule has 1 fully saturated rings. The molecule has 2 rings (SSSR count). The van der Waals surface area contributed by atoms with E-state index in [0.29, 0.717) is 11.3 Å². The number of nitro groups is 1. The van der Waals surface area contributed by atoms with Gasteiger partial charge in [-0.15, -0.1) is 11.3 Å². The van der Waals surface area contributed by atoms with Gasteiger partial charge in [0, 0.05) is 6.07 Å². The van der Waals surface area contributed by atoms with Crippen LogP contribution in [0.5, 0.6) is 0 Å². The lowest BCUT2D eigenvalue weighted by Gasteiger charge is -2.14. The van der Waals surface area contributed by atoms with Crippen molar-refractivity contribution in [3.8, 4) is 0 Å². The summed E-state index contributed by atoms with van der Waals surface area (Å²) in [5.74, 6) is -2.19. The average molecular weight is 357 g/mol. The molecule has 116 valence electrons. The Hall–Kier alpha value is -1.27. The maximum absolute atomic E-state index is 12.1. The van der Waals surface area contributed by atoms with Gasteiger partial charge in [-0.3, -0.25) is 14.9 Å². The lowest BCUT2D eigenvalue weighted by Crippen LogP contribution is -2.42. The summed E-state index contributed by atoms with van der Waals surface area (Å²) < 4.78 is 30.7. The van der Waals surface area contributed by atoms with Gasteiger partial charge >= 0.3 is 5.97 Å². The summed E-state index contributed by atoms with van der Waals surface area (Å²) in [6, 6.07) is -0.103. The maximum Gasteiger partial charge on any atom is 0.310 e. The molecule has 1 aromatic heterocycles. The minimum atomic E-state index is -4.11. The minimum absolute atomic E-state index is 0.0859. The number of sulfonamides is 1. The highest BCUT2D eigenvalue weighted by atomic mass is 35.5. The summed E-state index contributed by atoms with van der Waals surface area (Å²) in [7, 11) is -4.11. The van der Waals surface area contributed by atoms with Gasteiger partial charge in [0.1, 0.15) is 4.21 Å². The van der Waals surface area contributed by atoms with Gasteiger partial charge in [-0.2, -0.15) is 0 Å². The number of carboxylic acids is 1. The molecule has 0 radical (unpaired) electrons. The van der Waals surface area contributed by atoms with Gasteiger partial charge in [-0.25, -0.2) is 13.1 Å². The summed E-state index contributed by atoms with van der Waals surface area (Å²) in [5.41, 5.74) is -0.514. The molecular weight excluding hydrogens is 348 g/mol. The number of nitrogens with zero attached hydrogens (tertiary/aromatic N) is 1. The van der Waals surface area contributed by atoms with Gasteiger partial charge in [0.25, 0.3) is 15.7 Å². The number of carboxylic acid groups (broad SMARTS) is 1. The number of halogens is 1. The topological polar surface area (TPSA) is 136 Å². The molecule has 2 atom stereocenters. The van der Waals surface area contributed by atoms with Crippen molar-refractivity contribution in [1.82, 2.24) is 4.72 Å².